The molecule has 0 unspecified atom stereocenters. The normalized spacial score (nSPS) is 10.4. The minimum Gasteiger partial charge on any atom is -0.477 e. The van der Waals surface area contributed by atoms with E-state index in [2.05, 4.69) is 0 Å². The van der Waals surface area contributed by atoms with E-state index >= 15 is 0 Å². The summed E-state index contributed by atoms with van der Waals surface area (Å²) < 4.78 is 10.1. The molecule has 0 aliphatic carbocycles. The number of carbonyl (C=O) groups excluding carboxylic acids is 2. The molecule has 0 amide bonds. The van der Waals surface area contributed by atoms with Crippen LogP contribution in [0.25, 0.3) is 0 Å². The number of nitrogens with zero attached hydrogens (tertiary/aromatic N) is 1. The predicted molar refractivity (Wildman–Crippen MR) is 99.6 cm³/mol. The zero-order valence-corrected chi connectivity index (χ0v) is 16.1. The van der Waals surface area contributed by atoms with Crippen LogP contribution in [0.1, 0.15) is 75.6 Å². The molecule has 0 atom stereocenters. The fourth-order valence-electron chi connectivity index (χ4n) is 2.47. The molecule has 0 aliphatic heterocycles. The number of carboxylic acids is 1. The Kier molecular flexibility index (Phi) is 9.63. The lowest BCUT2D eigenvalue weighted by atomic mass is 10.1. The van der Waals surface area contributed by atoms with Gasteiger partial charge in [0.25, 0.3) is 0 Å². The van der Waals surface area contributed by atoms with Crippen molar-refractivity contribution in [2.24, 2.45) is 0 Å². The molecule has 28 heavy (non-hydrogen) atoms. The number of nitro benzene ring substituents is 1. The average Bonchev–Trinajstić information content (AvgIpc) is 2.61. The van der Waals surface area contributed by atoms with E-state index < -0.39 is 45.6 Å². The number of hydrogen-bond donors (Lipinski definition) is 1. The summed E-state index contributed by atoms with van der Waals surface area (Å²) in [6, 6.07) is 1.98. The van der Waals surface area contributed by atoms with Gasteiger partial charge in [-0.25, -0.2) is 4.79 Å². The van der Waals surface area contributed by atoms with Crippen molar-refractivity contribution in [1.29, 1.82) is 0 Å². The summed E-state index contributed by atoms with van der Waals surface area (Å²) >= 11 is 0. The molecule has 0 saturated carbocycles. The van der Waals surface area contributed by atoms with Crippen LogP contribution in [-0.4, -0.2) is 27.9 Å². The second-order valence-corrected chi connectivity index (χ2v) is 6.21. The third kappa shape index (κ3) is 6.98. The predicted octanol–water partition coefficient (Wildman–Crippen LogP) is 4.26. The highest BCUT2D eigenvalue weighted by molar-refractivity contribution is 5.98. The molecule has 0 spiro atoms. The molecule has 9 heteroatoms. The van der Waals surface area contributed by atoms with Crippen LogP contribution < -0.4 is 9.47 Å². The number of hydrogen-bond acceptors (Lipinski definition) is 7. The summed E-state index contributed by atoms with van der Waals surface area (Å²) in [5.41, 5.74) is -1.41. The highest BCUT2D eigenvalue weighted by Gasteiger charge is 2.30. The molecule has 9 nitrogen and oxygen atoms in total. The molecule has 0 fully saturated rings. The van der Waals surface area contributed by atoms with Gasteiger partial charge in [0.15, 0.2) is 5.56 Å². The van der Waals surface area contributed by atoms with Crippen molar-refractivity contribution in [3.8, 4) is 11.5 Å². The zero-order chi connectivity index (χ0) is 21.1. The number of carboxylic acid groups (broad SMARTS) is 1. The Bertz CT molecular complexity index is 729. The Labute approximate surface area is 162 Å². The molecular weight excluding hydrogens is 370 g/mol. The Morgan fingerprint density at radius 3 is 1.96 bits per heavy atom. The lowest BCUT2D eigenvalue weighted by Gasteiger charge is -2.12. The maximum Gasteiger partial charge on any atom is 0.343 e. The molecule has 0 radical (unpaired) electrons. The number of unbranched alkanes of at least 4 members (excludes halogenated alkanes) is 4. The van der Waals surface area contributed by atoms with Crippen molar-refractivity contribution in [3.63, 3.8) is 0 Å². The number of ether oxygens (including phenoxy) is 2. The van der Waals surface area contributed by atoms with E-state index in [1.807, 2.05) is 13.8 Å². The summed E-state index contributed by atoms with van der Waals surface area (Å²) in [5, 5.41) is 20.8. The van der Waals surface area contributed by atoms with Crippen molar-refractivity contribution >= 4 is 23.6 Å². The van der Waals surface area contributed by atoms with E-state index in [9.17, 15) is 29.6 Å². The Hall–Kier alpha value is -2.97. The van der Waals surface area contributed by atoms with Crippen molar-refractivity contribution in [1.82, 2.24) is 0 Å². The van der Waals surface area contributed by atoms with Crippen LogP contribution in [0.4, 0.5) is 5.69 Å². The number of aromatic carboxylic acids is 1. The number of carbonyl (C=O) groups is 3. The van der Waals surface area contributed by atoms with Crippen LogP contribution in [0.3, 0.4) is 0 Å². The van der Waals surface area contributed by atoms with Crippen LogP contribution >= 0.6 is 0 Å². The van der Waals surface area contributed by atoms with Gasteiger partial charge in [-0.2, -0.15) is 0 Å². The second-order valence-electron chi connectivity index (χ2n) is 6.21. The lowest BCUT2D eigenvalue weighted by molar-refractivity contribution is -0.385. The quantitative estimate of drug-likeness (QED) is 0.182. The minimum absolute atomic E-state index is 0.00884. The summed E-state index contributed by atoms with van der Waals surface area (Å²) in [6.07, 6.45) is 4.48. The molecule has 0 bridgehead atoms. The van der Waals surface area contributed by atoms with Gasteiger partial charge in [0.2, 0.25) is 5.75 Å². The molecule has 1 rings (SSSR count). The summed E-state index contributed by atoms with van der Waals surface area (Å²) in [5.74, 6) is -4.17. The highest BCUT2D eigenvalue weighted by atomic mass is 16.6. The smallest absolute Gasteiger partial charge is 0.343 e. The standard InChI is InChI=1S/C19H25NO8/c1-3-5-7-9-15(21)27-14-12-11-13(20(25)26)18(17(14)19(23)24)28-16(22)10-8-6-4-2/h11-12H,3-10H2,1-2H3,(H,23,24). The fraction of sp³-hybridized carbons (Fsp3) is 0.526. The van der Waals surface area contributed by atoms with Crippen molar-refractivity contribution in [2.75, 3.05) is 0 Å². The van der Waals surface area contributed by atoms with Gasteiger partial charge in [-0.3, -0.25) is 19.7 Å². The third-order valence-electron chi connectivity index (χ3n) is 3.92. The Morgan fingerprint density at radius 1 is 0.964 bits per heavy atom. The highest BCUT2D eigenvalue weighted by Crippen LogP contribution is 2.38. The third-order valence-corrected chi connectivity index (χ3v) is 3.92. The van der Waals surface area contributed by atoms with Gasteiger partial charge < -0.3 is 14.6 Å². The van der Waals surface area contributed by atoms with Crippen LogP contribution in [0.5, 0.6) is 11.5 Å². The average molecular weight is 395 g/mol. The molecule has 0 aromatic heterocycles. The molecule has 1 aromatic rings. The first kappa shape index (κ1) is 23.1. The maximum atomic E-state index is 12.0. The van der Waals surface area contributed by atoms with E-state index in [0.29, 0.717) is 12.8 Å². The van der Waals surface area contributed by atoms with Gasteiger partial charge >= 0.3 is 23.6 Å². The molecule has 0 heterocycles. The number of nitro groups is 1. The van der Waals surface area contributed by atoms with E-state index in [1.54, 1.807) is 0 Å². The number of benzene rings is 1. The maximum absolute atomic E-state index is 12.0. The monoisotopic (exact) mass is 395 g/mol. The Morgan fingerprint density at radius 2 is 1.50 bits per heavy atom. The van der Waals surface area contributed by atoms with Crippen molar-refractivity contribution in [3.05, 3.63) is 27.8 Å². The van der Waals surface area contributed by atoms with Gasteiger partial charge in [0, 0.05) is 18.9 Å². The summed E-state index contributed by atoms with van der Waals surface area (Å²) in [7, 11) is 0. The molecule has 1 aromatic carbocycles. The van der Waals surface area contributed by atoms with E-state index in [0.717, 1.165) is 37.8 Å². The summed E-state index contributed by atoms with van der Waals surface area (Å²) in [6.45, 7) is 3.91. The van der Waals surface area contributed by atoms with Crippen molar-refractivity contribution < 1.29 is 33.9 Å². The van der Waals surface area contributed by atoms with E-state index in [-0.39, 0.29) is 12.8 Å². The first-order chi connectivity index (χ1) is 13.3. The van der Waals surface area contributed by atoms with Crippen LogP contribution in [0.2, 0.25) is 0 Å². The van der Waals surface area contributed by atoms with Gasteiger partial charge in [-0.1, -0.05) is 39.5 Å². The molecule has 0 aliphatic rings. The fourth-order valence-corrected chi connectivity index (χ4v) is 2.47. The van der Waals surface area contributed by atoms with Gasteiger partial charge in [0.05, 0.1) is 4.92 Å². The second kappa shape index (κ2) is 11.7. The Balaban J connectivity index is 3.18. The summed E-state index contributed by atoms with van der Waals surface area (Å²) in [4.78, 5) is 46.0. The van der Waals surface area contributed by atoms with Gasteiger partial charge in [-0.15, -0.1) is 0 Å². The zero-order valence-electron chi connectivity index (χ0n) is 16.1. The molecule has 154 valence electrons. The lowest BCUT2D eigenvalue weighted by Crippen LogP contribution is -2.16. The van der Waals surface area contributed by atoms with Crippen LogP contribution in [-0.2, 0) is 9.59 Å². The van der Waals surface area contributed by atoms with E-state index in [1.165, 1.54) is 0 Å². The molecule has 0 saturated heterocycles. The minimum atomic E-state index is -1.60. The van der Waals surface area contributed by atoms with Crippen LogP contribution in [0.15, 0.2) is 12.1 Å². The van der Waals surface area contributed by atoms with E-state index in [4.69, 9.17) is 9.47 Å². The largest absolute Gasteiger partial charge is 0.477 e. The first-order valence-electron chi connectivity index (χ1n) is 9.27. The topological polar surface area (TPSA) is 133 Å². The van der Waals surface area contributed by atoms with Gasteiger partial charge in [-0.05, 0) is 18.9 Å². The molecular formula is C19H25NO8. The molecule has 1 N–H and O–H groups in total. The number of rotatable bonds is 12. The number of esters is 2. The first-order valence-corrected chi connectivity index (χ1v) is 9.27. The van der Waals surface area contributed by atoms with Crippen LogP contribution in [0, 0.1) is 10.1 Å². The van der Waals surface area contributed by atoms with Gasteiger partial charge in [0.1, 0.15) is 5.75 Å². The van der Waals surface area contributed by atoms with Crippen molar-refractivity contribution in [2.45, 2.75) is 65.2 Å². The SMILES string of the molecule is CCCCCC(=O)Oc1ccc([N+](=O)[O-])c(OC(=O)CCCCC)c1C(=O)O.